The number of esters is 2. The number of benzene rings is 6. The van der Waals surface area contributed by atoms with Gasteiger partial charge in [0, 0.05) is 27.6 Å². The summed E-state index contributed by atoms with van der Waals surface area (Å²) in [5, 5.41) is 0.901. The molecule has 1 aliphatic rings. The fourth-order valence-electron chi connectivity index (χ4n) is 4.94. The summed E-state index contributed by atoms with van der Waals surface area (Å²) in [6.07, 6.45) is 0. The van der Waals surface area contributed by atoms with E-state index in [0.717, 1.165) is 22.3 Å². The first-order valence-corrected chi connectivity index (χ1v) is 14.2. The topological polar surface area (TPSA) is 61.8 Å². The van der Waals surface area contributed by atoms with E-state index in [1.54, 1.807) is 24.3 Å². The second kappa shape index (κ2) is 12.0. The van der Waals surface area contributed by atoms with Crippen LogP contribution >= 0.6 is 0 Å². The molecule has 0 saturated heterocycles. The molecule has 0 bridgehead atoms. The molecule has 0 radical (unpaired) electrons. The SMILES string of the molecule is O=C1OC(=O)c2ccc(Oc3ccc(C#Cc4ccccc4)cc3)c3c(Oc4ccc(C#Cc5ccccc5)cc4)ccc1c23. The zero-order valence-electron chi connectivity index (χ0n) is 23.7. The van der Waals surface area contributed by atoms with E-state index in [-0.39, 0.29) is 11.1 Å². The van der Waals surface area contributed by atoms with Gasteiger partial charge in [-0.3, -0.25) is 0 Å². The van der Waals surface area contributed by atoms with E-state index in [2.05, 4.69) is 23.7 Å². The Kier molecular flexibility index (Phi) is 7.26. The van der Waals surface area contributed by atoms with Crippen LogP contribution in [0.1, 0.15) is 43.0 Å². The first kappa shape index (κ1) is 27.3. The molecular weight excluding hydrogens is 560 g/mol. The minimum absolute atomic E-state index is 0.260. The van der Waals surface area contributed by atoms with Crippen molar-refractivity contribution in [3.8, 4) is 46.7 Å². The molecule has 0 aliphatic carbocycles. The van der Waals surface area contributed by atoms with Gasteiger partial charge in [-0.05, 0) is 97.1 Å². The van der Waals surface area contributed by atoms with Gasteiger partial charge in [0.15, 0.2) is 0 Å². The highest BCUT2D eigenvalue weighted by atomic mass is 16.6. The Bertz CT molecular complexity index is 2040. The predicted molar refractivity (Wildman–Crippen MR) is 172 cm³/mol. The summed E-state index contributed by atoms with van der Waals surface area (Å²) < 4.78 is 17.6. The fourth-order valence-corrected chi connectivity index (χ4v) is 4.94. The minimum Gasteiger partial charge on any atom is -0.457 e. The molecule has 0 aromatic heterocycles. The molecule has 0 saturated carbocycles. The lowest BCUT2D eigenvalue weighted by Crippen LogP contribution is -2.19. The average molecular weight is 583 g/mol. The van der Waals surface area contributed by atoms with Crippen LogP contribution in [0.15, 0.2) is 133 Å². The quantitative estimate of drug-likeness (QED) is 0.118. The summed E-state index contributed by atoms with van der Waals surface area (Å²) >= 11 is 0. The Morgan fingerprint density at radius 3 is 1.18 bits per heavy atom. The zero-order valence-corrected chi connectivity index (χ0v) is 23.7. The lowest BCUT2D eigenvalue weighted by molar-refractivity contribution is 0.0391. The van der Waals surface area contributed by atoms with Gasteiger partial charge in [-0.1, -0.05) is 60.1 Å². The maximum atomic E-state index is 12.7. The van der Waals surface area contributed by atoms with E-state index in [9.17, 15) is 9.59 Å². The summed E-state index contributed by atoms with van der Waals surface area (Å²) in [4.78, 5) is 25.3. The van der Waals surface area contributed by atoms with E-state index in [1.165, 1.54) is 0 Å². The Labute approximate surface area is 259 Å². The number of hydrogen-bond donors (Lipinski definition) is 0. The van der Waals surface area contributed by atoms with Crippen molar-refractivity contribution < 1.29 is 23.8 Å². The lowest BCUT2D eigenvalue weighted by Gasteiger charge is -2.20. The van der Waals surface area contributed by atoms with Crippen LogP contribution in [0.2, 0.25) is 0 Å². The molecule has 0 amide bonds. The number of carbonyl (C=O) groups excluding carboxylic acids is 2. The first-order valence-electron chi connectivity index (χ1n) is 14.2. The molecule has 0 fully saturated rings. The van der Waals surface area contributed by atoms with Crippen LogP contribution in [0, 0.1) is 23.7 Å². The van der Waals surface area contributed by atoms with Crippen LogP contribution < -0.4 is 9.47 Å². The van der Waals surface area contributed by atoms with Gasteiger partial charge >= 0.3 is 11.9 Å². The highest BCUT2D eigenvalue weighted by molar-refractivity contribution is 6.22. The van der Waals surface area contributed by atoms with Gasteiger partial charge < -0.3 is 14.2 Å². The molecule has 1 aliphatic heterocycles. The number of cyclic esters (lactones) is 2. The van der Waals surface area contributed by atoms with Crippen LogP contribution in [-0.2, 0) is 4.74 Å². The molecule has 5 nitrogen and oxygen atoms in total. The summed E-state index contributed by atoms with van der Waals surface area (Å²) in [6.45, 7) is 0. The van der Waals surface area contributed by atoms with Crippen LogP contribution in [0.4, 0.5) is 0 Å². The maximum Gasteiger partial charge on any atom is 0.346 e. The van der Waals surface area contributed by atoms with E-state index >= 15 is 0 Å². The summed E-state index contributed by atoms with van der Waals surface area (Å²) in [6, 6.07) is 40.8. The third-order valence-corrected chi connectivity index (χ3v) is 7.12. The summed E-state index contributed by atoms with van der Waals surface area (Å²) in [5.41, 5.74) is 4.04. The predicted octanol–water partition coefficient (Wildman–Crippen LogP) is 8.53. The molecule has 212 valence electrons. The molecule has 6 aromatic rings. The van der Waals surface area contributed by atoms with Crippen molar-refractivity contribution in [2.75, 3.05) is 0 Å². The molecule has 0 N–H and O–H groups in total. The van der Waals surface area contributed by atoms with Crippen molar-refractivity contribution in [1.29, 1.82) is 0 Å². The van der Waals surface area contributed by atoms with E-state index in [1.807, 2.05) is 109 Å². The van der Waals surface area contributed by atoms with Crippen molar-refractivity contribution in [3.63, 3.8) is 0 Å². The van der Waals surface area contributed by atoms with Crippen LogP contribution in [-0.4, -0.2) is 11.9 Å². The highest BCUT2D eigenvalue weighted by Gasteiger charge is 2.30. The molecule has 7 rings (SSSR count). The number of rotatable bonds is 4. The number of hydrogen-bond acceptors (Lipinski definition) is 5. The van der Waals surface area contributed by atoms with Gasteiger partial charge in [-0.25, -0.2) is 9.59 Å². The Morgan fingerprint density at radius 1 is 0.400 bits per heavy atom. The van der Waals surface area contributed by atoms with Crippen molar-refractivity contribution in [2.24, 2.45) is 0 Å². The standard InChI is InChI=1S/C40H22O5/c41-39-33-23-25-35(43-31-19-15-29(16-20-31)13-11-27-7-3-1-4-8-27)38-36(26-24-34(37(33)38)40(42)45-39)44-32-21-17-30(18-22-32)14-12-28-9-5-2-6-10-28/h1-10,15-26H. The Morgan fingerprint density at radius 2 is 0.778 bits per heavy atom. The largest absolute Gasteiger partial charge is 0.457 e. The van der Waals surface area contributed by atoms with Gasteiger partial charge in [-0.2, -0.15) is 0 Å². The van der Waals surface area contributed by atoms with Gasteiger partial charge in [0.2, 0.25) is 0 Å². The highest BCUT2D eigenvalue weighted by Crippen LogP contribution is 2.43. The van der Waals surface area contributed by atoms with Crippen LogP contribution in [0.3, 0.4) is 0 Å². The van der Waals surface area contributed by atoms with Crippen molar-refractivity contribution >= 4 is 22.7 Å². The molecule has 0 atom stereocenters. The molecule has 1 heterocycles. The van der Waals surface area contributed by atoms with Gasteiger partial charge in [-0.15, -0.1) is 0 Å². The third-order valence-electron chi connectivity index (χ3n) is 7.12. The van der Waals surface area contributed by atoms with Crippen molar-refractivity contribution in [1.82, 2.24) is 0 Å². The molecule has 45 heavy (non-hydrogen) atoms. The van der Waals surface area contributed by atoms with Crippen molar-refractivity contribution in [3.05, 3.63) is 167 Å². The van der Waals surface area contributed by atoms with Crippen LogP contribution in [0.5, 0.6) is 23.0 Å². The average Bonchev–Trinajstić information content (AvgIpc) is 3.08. The molecule has 6 aromatic carbocycles. The van der Waals surface area contributed by atoms with Gasteiger partial charge in [0.05, 0.1) is 16.5 Å². The van der Waals surface area contributed by atoms with Crippen molar-refractivity contribution in [2.45, 2.75) is 0 Å². The first-order chi connectivity index (χ1) is 22.1. The summed E-state index contributed by atoms with van der Waals surface area (Å²) in [7, 11) is 0. The van der Waals surface area contributed by atoms with E-state index in [4.69, 9.17) is 14.2 Å². The maximum absolute atomic E-state index is 12.7. The monoisotopic (exact) mass is 582 g/mol. The molecular formula is C40H22O5. The molecule has 0 unspecified atom stereocenters. The number of carbonyl (C=O) groups is 2. The normalized spacial score (nSPS) is 11.5. The van der Waals surface area contributed by atoms with E-state index < -0.39 is 11.9 Å². The fraction of sp³-hybridized carbons (Fsp3) is 0. The van der Waals surface area contributed by atoms with Crippen LogP contribution in [0.25, 0.3) is 10.8 Å². The van der Waals surface area contributed by atoms with E-state index in [0.29, 0.717) is 33.8 Å². The third kappa shape index (κ3) is 5.88. The zero-order chi connectivity index (χ0) is 30.6. The summed E-state index contributed by atoms with van der Waals surface area (Å²) in [5.74, 6) is 13.1. The Hall–Kier alpha value is -6.56. The Balaban J connectivity index is 1.22. The van der Waals surface area contributed by atoms with Gasteiger partial charge in [0.1, 0.15) is 23.0 Å². The molecule has 0 spiro atoms. The molecule has 5 heteroatoms. The lowest BCUT2D eigenvalue weighted by atomic mass is 9.96. The second-order valence-electron chi connectivity index (χ2n) is 10.1. The minimum atomic E-state index is -0.719. The smallest absolute Gasteiger partial charge is 0.346 e. The number of ether oxygens (including phenoxy) is 3. The van der Waals surface area contributed by atoms with Gasteiger partial charge in [0.25, 0.3) is 0 Å². The second-order valence-corrected chi connectivity index (χ2v) is 10.1.